The van der Waals surface area contributed by atoms with Crippen LogP contribution in [0.25, 0.3) is 0 Å². The standard InChI is InChI=1S/C16H24N2O3/c1-3-21-16(19)14-4-6-15(7-5-14)18-10-8-17(9-11-18)12-13-20-2/h4-7H,3,8-13H2,1-2H3. The molecule has 0 aromatic heterocycles. The van der Waals surface area contributed by atoms with Crippen LogP contribution in [-0.2, 0) is 9.47 Å². The van der Waals surface area contributed by atoms with Gasteiger partial charge < -0.3 is 14.4 Å². The van der Waals surface area contributed by atoms with E-state index in [1.54, 1.807) is 7.11 Å². The van der Waals surface area contributed by atoms with Crippen molar-refractivity contribution in [2.45, 2.75) is 6.92 Å². The van der Waals surface area contributed by atoms with Gasteiger partial charge in [-0.2, -0.15) is 0 Å². The Bertz CT molecular complexity index is 439. The lowest BCUT2D eigenvalue weighted by molar-refractivity contribution is 0.0526. The van der Waals surface area contributed by atoms with Gasteiger partial charge in [-0.05, 0) is 31.2 Å². The number of ether oxygens (including phenoxy) is 2. The first-order chi connectivity index (χ1) is 10.2. The molecule has 1 fully saturated rings. The van der Waals surface area contributed by atoms with Crippen LogP contribution < -0.4 is 4.90 Å². The molecule has 0 bridgehead atoms. The molecule has 1 aromatic rings. The molecule has 0 amide bonds. The summed E-state index contributed by atoms with van der Waals surface area (Å²) >= 11 is 0. The Balaban J connectivity index is 1.87. The molecule has 0 atom stereocenters. The summed E-state index contributed by atoms with van der Waals surface area (Å²) in [6.45, 7) is 8.09. The molecule has 0 radical (unpaired) electrons. The normalized spacial score (nSPS) is 16.0. The molecule has 21 heavy (non-hydrogen) atoms. The maximum Gasteiger partial charge on any atom is 0.338 e. The molecule has 1 aromatic carbocycles. The van der Waals surface area contributed by atoms with Gasteiger partial charge in [0.15, 0.2) is 0 Å². The molecule has 116 valence electrons. The van der Waals surface area contributed by atoms with E-state index in [-0.39, 0.29) is 5.97 Å². The highest BCUT2D eigenvalue weighted by molar-refractivity contribution is 5.89. The van der Waals surface area contributed by atoms with Crippen LogP contribution in [0.4, 0.5) is 5.69 Å². The molecule has 1 heterocycles. The number of carbonyl (C=O) groups is 1. The summed E-state index contributed by atoms with van der Waals surface area (Å²) in [7, 11) is 1.74. The van der Waals surface area contributed by atoms with Gasteiger partial charge >= 0.3 is 5.97 Å². The molecule has 5 nitrogen and oxygen atoms in total. The highest BCUT2D eigenvalue weighted by atomic mass is 16.5. The van der Waals surface area contributed by atoms with Crippen LogP contribution in [-0.4, -0.2) is 63.9 Å². The number of hydrogen-bond donors (Lipinski definition) is 0. The van der Waals surface area contributed by atoms with Crippen molar-refractivity contribution in [1.82, 2.24) is 4.90 Å². The SMILES string of the molecule is CCOC(=O)c1ccc(N2CCN(CCOC)CC2)cc1. The van der Waals surface area contributed by atoms with E-state index < -0.39 is 0 Å². The van der Waals surface area contributed by atoms with Crippen molar-refractivity contribution in [3.05, 3.63) is 29.8 Å². The second kappa shape index (κ2) is 8.00. The largest absolute Gasteiger partial charge is 0.462 e. The van der Waals surface area contributed by atoms with E-state index >= 15 is 0 Å². The Labute approximate surface area is 126 Å². The fourth-order valence-electron chi connectivity index (χ4n) is 2.47. The van der Waals surface area contributed by atoms with Gasteiger partial charge in [0, 0.05) is 45.5 Å². The molecular weight excluding hydrogens is 268 g/mol. The molecule has 0 saturated carbocycles. The Kier molecular flexibility index (Phi) is 6.02. The molecule has 2 rings (SSSR count). The van der Waals surface area contributed by atoms with Crippen LogP contribution in [0.5, 0.6) is 0 Å². The van der Waals surface area contributed by atoms with Crippen molar-refractivity contribution in [3.63, 3.8) is 0 Å². The van der Waals surface area contributed by atoms with Gasteiger partial charge in [-0.15, -0.1) is 0 Å². The topological polar surface area (TPSA) is 42.0 Å². The fraction of sp³-hybridized carbons (Fsp3) is 0.562. The van der Waals surface area contributed by atoms with E-state index in [0.29, 0.717) is 12.2 Å². The maximum absolute atomic E-state index is 11.6. The number of carbonyl (C=O) groups excluding carboxylic acids is 1. The highest BCUT2D eigenvalue weighted by Crippen LogP contribution is 2.17. The lowest BCUT2D eigenvalue weighted by atomic mass is 10.2. The molecule has 0 aliphatic carbocycles. The first kappa shape index (κ1) is 15.8. The summed E-state index contributed by atoms with van der Waals surface area (Å²) < 4.78 is 10.1. The van der Waals surface area contributed by atoms with E-state index in [0.717, 1.165) is 45.0 Å². The van der Waals surface area contributed by atoms with Crippen LogP contribution in [0, 0.1) is 0 Å². The van der Waals surface area contributed by atoms with Gasteiger partial charge in [-0.25, -0.2) is 4.79 Å². The summed E-state index contributed by atoms with van der Waals surface area (Å²) in [5.41, 5.74) is 1.77. The zero-order valence-electron chi connectivity index (χ0n) is 12.9. The minimum absolute atomic E-state index is 0.256. The van der Waals surface area contributed by atoms with E-state index in [2.05, 4.69) is 9.80 Å². The number of benzene rings is 1. The average molecular weight is 292 g/mol. The highest BCUT2D eigenvalue weighted by Gasteiger charge is 2.17. The van der Waals surface area contributed by atoms with Gasteiger partial charge in [-0.3, -0.25) is 4.90 Å². The third kappa shape index (κ3) is 4.44. The second-order valence-electron chi connectivity index (χ2n) is 5.09. The third-order valence-corrected chi connectivity index (χ3v) is 3.73. The number of methoxy groups -OCH3 is 1. The minimum Gasteiger partial charge on any atom is -0.462 e. The molecule has 0 N–H and O–H groups in total. The monoisotopic (exact) mass is 292 g/mol. The summed E-state index contributed by atoms with van der Waals surface area (Å²) in [5.74, 6) is -0.256. The molecule has 1 aliphatic heterocycles. The van der Waals surface area contributed by atoms with Gasteiger partial charge in [-0.1, -0.05) is 0 Å². The van der Waals surface area contributed by atoms with Crippen molar-refractivity contribution < 1.29 is 14.3 Å². The molecule has 1 aliphatic rings. The van der Waals surface area contributed by atoms with Crippen LogP contribution in [0.1, 0.15) is 17.3 Å². The van der Waals surface area contributed by atoms with Crippen molar-refractivity contribution >= 4 is 11.7 Å². The lowest BCUT2D eigenvalue weighted by Gasteiger charge is -2.36. The van der Waals surface area contributed by atoms with Crippen LogP contribution in [0.15, 0.2) is 24.3 Å². The van der Waals surface area contributed by atoms with Crippen molar-refractivity contribution in [1.29, 1.82) is 0 Å². The molecule has 0 spiro atoms. The maximum atomic E-state index is 11.6. The van der Waals surface area contributed by atoms with Gasteiger partial charge in [0.25, 0.3) is 0 Å². The Morgan fingerprint density at radius 2 is 1.81 bits per heavy atom. The third-order valence-electron chi connectivity index (χ3n) is 3.73. The van der Waals surface area contributed by atoms with Gasteiger partial charge in [0.1, 0.15) is 0 Å². The first-order valence-electron chi connectivity index (χ1n) is 7.48. The van der Waals surface area contributed by atoms with Crippen molar-refractivity contribution in [2.75, 3.05) is 57.9 Å². The average Bonchev–Trinajstić information content (AvgIpc) is 2.54. The van der Waals surface area contributed by atoms with Crippen molar-refractivity contribution in [3.8, 4) is 0 Å². The van der Waals surface area contributed by atoms with E-state index in [4.69, 9.17) is 9.47 Å². The predicted octanol–water partition coefficient (Wildman–Crippen LogP) is 1.63. The quantitative estimate of drug-likeness (QED) is 0.746. The lowest BCUT2D eigenvalue weighted by Crippen LogP contribution is -2.47. The molecular formula is C16H24N2O3. The Hall–Kier alpha value is -1.59. The van der Waals surface area contributed by atoms with Crippen LogP contribution >= 0.6 is 0 Å². The zero-order chi connectivity index (χ0) is 15.1. The Morgan fingerprint density at radius 3 is 2.38 bits per heavy atom. The van der Waals surface area contributed by atoms with E-state index in [1.165, 1.54) is 0 Å². The van der Waals surface area contributed by atoms with Crippen LogP contribution in [0.2, 0.25) is 0 Å². The number of hydrogen-bond acceptors (Lipinski definition) is 5. The first-order valence-corrected chi connectivity index (χ1v) is 7.48. The smallest absolute Gasteiger partial charge is 0.338 e. The van der Waals surface area contributed by atoms with Gasteiger partial charge in [0.2, 0.25) is 0 Å². The molecule has 0 unspecified atom stereocenters. The van der Waals surface area contributed by atoms with E-state index in [9.17, 15) is 4.79 Å². The number of piperazine rings is 1. The summed E-state index contributed by atoms with van der Waals surface area (Å²) in [4.78, 5) is 16.4. The van der Waals surface area contributed by atoms with Crippen LogP contribution in [0.3, 0.4) is 0 Å². The zero-order valence-corrected chi connectivity index (χ0v) is 12.9. The number of rotatable bonds is 6. The summed E-state index contributed by atoms with van der Waals surface area (Å²) in [5, 5.41) is 0. The van der Waals surface area contributed by atoms with Gasteiger partial charge in [0.05, 0.1) is 18.8 Å². The molecule has 1 saturated heterocycles. The van der Waals surface area contributed by atoms with E-state index in [1.807, 2.05) is 31.2 Å². The van der Waals surface area contributed by atoms with Crippen molar-refractivity contribution in [2.24, 2.45) is 0 Å². The Morgan fingerprint density at radius 1 is 1.14 bits per heavy atom. The number of anilines is 1. The minimum atomic E-state index is -0.256. The predicted molar refractivity (Wildman–Crippen MR) is 82.9 cm³/mol. The number of nitrogens with zero attached hydrogens (tertiary/aromatic N) is 2. The molecule has 5 heteroatoms. The second-order valence-corrected chi connectivity index (χ2v) is 5.09. The number of esters is 1. The fourth-order valence-corrected chi connectivity index (χ4v) is 2.47. The summed E-state index contributed by atoms with van der Waals surface area (Å²) in [6, 6.07) is 7.67. The summed E-state index contributed by atoms with van der Waals surface area (Å²) in [6.07, 6.45) is 0.